The number of hydrogen-bond acceptors (Lipinski definition) is 1. The maximum Gasteiger partial charge on any atom is 0 e. The van der Waals surface area contributed by atoms with Crippen LogP contribution in [0.5, 0.6) is 0 Å². The fourth-order valence-corrected chi connectivity index (χ4v) is 0. The van der Waals surface area contributed by atoms with Gasteiger partial charge in [-0.1, -0.05) is 0 Å². The summed E-state index contributed by atoms with van der Waals surface area (Å²) in [5, 5.41) is 0. The summed E-state index contributed by atoms with van der Waals surface area (Å²) in [5.41, 5.74) is 0. The summed E-state index contributed by atoms with van der Waals surface area (Å²) in [7, 11) is 3.25. The van der Waals surface area contributed by atoms with Crippen molar-refractivity contribution in [2.45, 2.75) is 0 Å². The van der Waals surface area contributed by atoms with E-state index in [0.29, 0.717) is 0 Å². The summed E-state index contributed by atoms with van der Waals surface area (Å²) in [6.07, 6.45) is 0. The molecule has 0 aliphatic heterocycles. The molecule has 1 unspecified atom stereocenters. The summed E-state index contributed by atoms with van der Waals surface area (Å²) in [6, 6.07) is 0. The van der Waals surface area contributed by atoms with Gasteiger partial charge in [0, 0.05) is 59.3 Å². The van der Waals surface area contributed by atoms with E-state index in [-0.39, 0.29) is 69.2 Å². The van der Waals surface area contributed by atoms with Crippen molar-refractivity contribution in [3.8, 4) is 0 Å². The Labute approximate surface area is 80.9 Å². The molecule has 0 aromatic rings. The third-order valence-corrected chi connectivity index (χ3v) is 0. The summed E-state index contributed by atoms with van der Waals surface area (Å²) in [4.78, 5) is 0. The van der Waals surface area contributed by atoms with Crippen LogP contribution in [0.2, 0.25) is 0 Å². The maximum absolute atomic E-state index is 7.75. The van der Waals surface area contributed by atoms with Gasteiger partial charge in [0.15, 0.2) is 0 Å². The van der Waals surface area contributed by atoms with E-state index in [1.807, 2.05) is 0 Å². The van der Waals surface area contributed by atoms with Gasteiger partial charge in [-0.3, -0.25) is 0 Å². The van der Waals surface area contributed by atoms with E-state index in [9.17, 15) is 0 Å². The Balaban J connectivity index is -0.000000000833. The van der Waals surface area contributed by atoms with Crippen molar-refractivity contribution >= 4 is 55.9 Å². The molecule has 0 N–H and O–H groups in total. The Bertz CT molecular complexity index is 15.5. The molecule has 0 saturated heterocycles. The molecule has 9 radical (unpaired) electrons. The molecule has 0 bridgehead atoms. The molecular formula is H3BOPPbSiW. The molecule has 0 saturated carbocycles. The van der Waals surface area contributed by atoms with E-state index in [2.05, 4.69) is 7.72 Å². The van der Waals surface area contributed by atoms with Crippen LogP contribution in [0.1, 0.15) is 0 Å². The monoisotopic (exact) mass is 481 g/mol. The third kappa shape index (κ3) is 35.7. The van der Waals surface area contributed by atoms with Gasteiger partial charge >= 0.3 is 12.4 Å². The van der Waals surface area contributed by atoms with Crippen LogP contribution in [0.3, 0.4) is 0 Å². The fourth-order valence-electron chi connectivity index (χ4n) is 0. The van der Waals surface area contributed by atoms with Crippen molar-refractivity contribution in [2.75, 3.05) is 0 Å². The Hall–Kier alpha value is 2.12. The second-order valence-corrected chi connectivity index (χ2v) is 0. The summed E-state index contributed by atoms with van der Waals surface area (Å²) in [6.45, 7) is 0. The Morgan fingerprint density at radius 2 is 1.17 bits per heavy atom. The minimum atomic E-state index is 0. The predicted octanol–water partition coefficient (Wildman–Crippen LogP) is -1.21. The Morgan fingerprint density at radius 1 is 1.17 bits per heavy atom. The normalized spacial score (nSPS) is 0.500. The molecule has 0 heterocycles. The first-order chi connectivity index (χ1) is 1.00. The molecule has 1 nitrogen and oxygen atoms in total. The predicted molar refractivity (Wildman–Crippen MR) is 29.1 cm³/mol. The molecule has 0 fully saturated rings. The Kier molecular flexibility index (Phi) is 418. The first-order valence-electron chi connectivity index (χ1n) is 0.236. The molecule has 0 rings (SSSR count). The third-order valence-electron chi connectivity index (χ3n) is 0. The van der Waals surface area contributed by atoms with Gasteiger partial charge in [0.05, 0.1) is 0 Å². The molecule has 0 aromatic heterocycles. The van der Waals surface area contributed by atoms with Gasteiger partial charge < -0.3 is 0 Å². The van der Waals surface area contributed by atoms with Gasteiger partial charge in [-0.2, -0.15) is 9.90 Å². The smallest absolute Gasteiger partial charge is 0 e. The van der Waals surface area contributed by atoms with Crippen molar-refractivity contribution in [3.63, 3.8) is 0 Å². The van der Waals surface area contributed by atoms with Crippen LogP contribution in [-0.2, 0) is 25.8 Å². The zero-order valence-electron chi connectivity index (χ0n) is 3.10. The van der Waals surface area contributed by atoms with Crippen LogP contribution < -0.4 is 0 Å². The molecule has 1 atom stereocenters. The summed E-state index contributed by atoms with van der Waals surface area (Å²) >= 11 is 0. The quantitative estimate of drug-likeness (QED) is 0.315. The van der Waals surface area contributed by atoms with Crippen molar-refractivity contribution in [1.82, 2.24) is 0 Å². The van der Waals surface area contributed by atoms with Crippen LogP contribution in [-0.4, -0.2) is 46.0 Å². The first-order valence-corrected chi connectivity index (χ1v) is 0.236. The van der Waals surface area contributed by atoms with E-state index >= 15 is 0 Å². The molecule has 0 aromatic carbocycles. The molecule has 0 spiro atoms. The molecule has 0 aliphatic rings. The average molecular weight is 480 g/mol. The molecular weight excluding hydrogens is 477 g/mol. The van der Waals surface area contributed by atoms with Crippen molar-refractivity contribution in [2.24, 2.45) is 0 Å². The topological polar surface area (TPSA) is 17.1 Å². The molecule has 6 heteroatoms. The second kappa shape index (κ2) is 59.3. The van der Waals surface area contributed by atoms with Crippen LogP contribution in [0.4, 0.5) is 0 Å². The van der Waals surface area contributed by atoms with Crippen LogP contribution in [0.15, 0.2) is 0 Å². The molecule has 6 heavy (non-hydrogen) atoms. The number of rotatable bonds is 0. The van der Waals surface area contributed by atoms with Gasteiger partial charge in [-0.15, -0.1) is 0 Å². The summed E-state index contributed by atoms with van der Waals surface area (Å²) in [5.74, 6) is 0. The van der Waals surface area contributed by atoms with Crippen molar-refractivity contribution in [3.05, 3.63) is 0 Å². The van der Waals surface area contributed by atoms with Crippen LogP contribution in [0, 0.1) is 0 Å². The average Bonchev–Trinajstić information content (AvgIpc) is 1.00. The molecule has 31 valence electrons. The van der Waals surface area contributed by atoms with Gasteiger partial charge in [0.25, 0.3) is 0 Å². The van der Waals surface area contributed by atoms with E-state index in [1.54, 1.807) is 0 Å². The minimum Gasteiger partial charge on any atom is 0 e. The molecule has 0 amide bonds. The standard InChI is InChI=1S/BO.H3P.Pb.Si.W/c1-2;;;;/h;1H3;;;. The van der Waals surface area contributed by atoms with Crippen molar-refractivity contribution in [1.29, 1.82) is 0 Å². The zero-order chi connectivity index (χ0) is 2.00. The molecule has 0 aliphatic carbocycles. The van der Waals surface area contributed by atoms with Crippen LogP contribution in [0.25, 0.3) is 0 Å². The van der Waals surface area contributed by atoms with E-state index in [0.717, 1.165) is 0 Å². The van der Waals surface area contributed by atoms with Gasteiger partial charge in [-0.05, 0) is 0 Å². The van der Waals surface area contributed by atoms with Gasteiger partial charge in [-0.25, -0.2) is 0 Å². The minimum absolute atomic E-state index is 0. The van der Waals surface area contributed by atoms with Crippen molar-refractivity contribution < 1.29 is 25.8 Å². The zero-order valence-corrected chi connectivity index (χ0v) is 12.3. The van der Waals surface area contributed by atoms with E-state index in [4.69, 9.17) is 4.70 Å². The van der Waals surface area contributed by atoms with Gasteiger partial charge in [0.1, 0.15) is 0 Å². The maximum atomic E-state index is 7.75. The largest absolute Gasteiger partial charge is 0 e. The first kappa shape index (κ1) is 42.3. The van der Waals surface area contributed by atoms with Crippen LogP contribution >= 0.6 is 9.90 Å². The van der Waals surface area contributed by atoms with E-state index in [1.165, 1.54) is 0 Å². The SMILES string of the molecule is P.[B]=O.[Pb].[Si].[W]. The Morgan fingerprint density at radius 3 is 1.17 bits per heavy atom. The number of hydrogen-bond donors (Lipinski definition) is 0. The fraction of sp³-hybridized carbons (Fsp3) is 0. The summed E-state index contributed by atoms with van der Waals surface area (Å²) < 4.78 is 7.75. The van der Waals surface area contributed by atoms with Gasteiger partial charge in [0.2, 0.25) is 0 Å². The van der Waals surface area contributed by atoms with E-state index < -0.39 is 0 Å². The second-order valence-electron chi connectivity index (χ2n) is 0.